The molecule has 2 saturated heterocycles. The van der Waals surface area contributed by atoms with Gasteiger partial charge in [-0.3, -0.25) is 14.9 Å². The first-order valence-corrected chi connectivity index (χ1v) is 6.95. The highest BCUT2D eigenvalue weighted by molar-refractivity contribution is 6.04. The molecule has 2 N–H and O–H groups in total. The fraction of sp³-hybridized carbons (Fsp3) is 0.692. The molecule has 0 aromatic heterocycles. The first kappa shape index (κ1) is 15.3. The smallest absolute Gasteiger partial charge is 0.326 e. The average molecular weight is 297 g/mol. The molecule has 4 amide bonds. The lowest BCUT2D eigenvalue weighted by Gasteiger charge is -2.41. The summed E-state index contributed by atoms with van der Waals surface area (Å²) in [6, 6.07) is -2.26. The van der Waals surface area contributed by atoms with Crippen LogP contribution < -0.4 is 5.32 Å². The Kier molecular flexibility index (Phi) is 4.15. The van der Waals surface area contributed by atoms with E-state index in [4.69, 9.17) is 0 Å². The van der Waals surface area contributed by atoms with Crippen LogP contribution in [0, 0.1) is 5.92 Å². The number of piperidine rings is 1. The number of nitrogens with one attached hydrogen (secondary N) is 1. The molecule has 8 heteroatoms. The van der Waals surface area contributed by atoms with Gasteiger partial charge in [0.1, 0.15) is 18.6 Å². The van der Waals surface area contributed by atoms with Gasteiger partial charge in [-0.05, 0) is 25.7 Å². The zero-order valence-electron chi connectivity index (χ0n) is 12.0. The van der Waals surface area contributed by atoms with Crippen LogP contribution in [0.15, 0.2) is 0 Å². The predicted octanol–water partition coefficient (Wildman–Crippen LogP) is -0.362. The maximum Gasteiger partial charge on any atom is 0.326 e. The lowest BCUT2D eigenvalue weighted by atomic mass is 9.92. The molecule has 3 unspecified atom stereocenters. The van der Waals surface area contributed by atoms with Crippen LogP contribution in [0.5, 0.6) is 0 Å². The van der Waals surface area contributed by atoms with Gasteiger partial charge in [-0.1, -0.05) is 6.92 Å². The number of likely N-dealkylation sites (tertiary alicyclic amines) is 1. The SMILES string of the molecule is CC1CCN(C(=O)N2CC(=O)NC(=O)C2C)C(C(=O)O)C1. The zero-order chi connectivity index (χ0) is 15.7. The average Bonchev–Trinajstić information content (AvgIpc) is 2.42. The minimum Gasteiger partial charge on any atom is -0.480 e. The number of carboxylic acid groups (broad SMARTS) is 1. The second-order valence-corrected chi connectivity index (χ2v) is 5.68. The molecule has 0 spiro atoms. The van der Waals surface area contributed by atoms with Gasteiger partial charge in [0, 0.05) is 6.54 Å². The Morgan fingerprint density at radius 2 is 1.90 bits per heavy atom. The van der Waals surface area contributed by atoms with Crippen LogP contribution in [0.3, 0.4) is 0 Å². The van der Waals surface area contributed by atoms with Gasteiger partial charge in [0.25, 0.3) is 0 Å². The standard InChI is InChI=1S/C13H19N3O5/c1-7-3-4-15(9(5-7)12(19)20)13(21)16-6-10(17)14-11(18)8(16)2/h7-9H,3-6H2,1-2H3,(H,19,20)(H,14,17,18). The Morgan fingerprint density at radius 3 is 2.52 bits per heavy atom. The van der Waals surface area contributed by atoms with Crippen molar-refractivity contribution in [2.45, 2.75) is 38.8 Å². The summed E-state index contributed by atoms with van der Waals surface area (Å²) in [6.07, 6.45) is 1.08. The van der Waals surface area contributed by atoms with Crippen molar-refractivity contribution in [1.82, 2.24) is 15.1 Å². The second kappa shape index (κ2) is 5.71. The summed E-state index contributed by atoms with van der Waals surface area (Å²) in [4.78, 5) is 49.3. The van der Waals surface area contributed by atoms with Gasteiger partial charge in [-0.2, -0.15) is 0 Å². The van der Waals surface area contributed by atoms with Gasteiger partial charge < -0.3 is 14.9 Å². The number of hydrogen-bond acceptors (Lipinski definition) is 4. The fourth-order valence-corrected chi connectivity index (χ4v) is 2.72. The molecule has 0 aliphatic carbocycles. The van der Waals surface area contributed by atoms with Crippen molar-refractivity contribution in [2.75, 3.05) is 13.1 Å². The number of piperazine rings is 1. The van der Waals surface area contributed by atoms with E-state index in [0.29, 0.717) is 19.4 Å². The van der Waals surface area contributed by atoms with Gasteiger partial charge in [0.15, 0.2) is 0 Å². The molecule has 0 saturated carbocycles. The van der Waals surface area contributed by atoms with Crippen molar-refractivity contribution in [2.24, 2.45) is 5.92 Å². The molecule has 0 radical (unpaired) electrons. The highest BCUT2D eigenvalue weighted by atomic mass is 16.4. The van der Waals surface area contributed by atoms with Crippen molar-refractivity contribution in [3.8, 4) is 0 Å². The number of imide groups is 1. The van der Waals surface area contributed by atoms with E-state index >= 15 is 0 Å². The Bertz CT molecular complexity index is 492. The Labute approximate surface area is 122 Å². The molecule has 2 fully saturated rings. The maximum atomic E-state index is 12.5. The highest BCUT2D eigenvalue weighted by Crippen LogP contribution is 2.24. The minimum atomic E-state index is -1.06. The molecule has 2 rings (SSSR count). The van der Waals surface area contributed by atoms with Crippen LogP contribution in [0.2, 0.25) is 0 Å². The first-order chi connectivity index (χ1) is 9.81. The summed E-state index contributed by atoms with van der Waals surface area (Å²) in [6.45, 7) is 3.54. The largest absolute Gasteiger partial charge is 0.480 e. The molecular formula is C13H19N3O5. The highest BCUT2D eigenvalue weighted by Gasteiger charge is 2.41. The van der Waals surface area contributed by atoms with Crippen LogP contribution >= 0.6 is 0 Å². The first-order valence-electron chi connectivity index (χ1n) is 6.95. The predicted molar refractivity (Wildman–Crippen MR) is 71.2 cm³/mol. The number of carbonyl (C=O) groups is 4. The van der Waals surface area contributed by atoms with Gasteiger partial charge in [0.2, 0.25) is 11.8 Å². The third kappa shape index (κ3) is 2.98. The fourth-order valence-electron chi connectivity index (χ4n) is 2.72. The third-order valence-electron chi connectivity index (χ3n) is 4.06. The number of rotatable bonds is 1. The minimum absolute atomic E-state index is 0.221. The molecule has 21 heavy (non-hydrogen) atoms. The number of amides is 4. The molecule has 8 nitrogen and oxygen atoms in total. The lowest BCUT2D eigenvalue weighted by Crippen LogP contribution is -2.63. The Morgan fingerprint density at radius 1 is 1.24 bits per heavy atom. The third-order valence-corrected chi connectivity index (χ3v) is 4.06. The van der Waals surface area contributed by atoms with Gasteiger partial charge in [0.05, 0.1) is 0 Å². The lowest BCUT2D eigenvalue weighted by molar-refractivity contribution is -0.144. The van der Waals surface area contributed by atoms with Crippen LogP contribution in [0.4, 0.5) is 4.79 Å². The molecule has 0 bridgehead atoms. The van der Waals surface area contributed by atoms with Crippen molar-refractivity contribution >= 4 is 23.8 Å². The number of hydrogen-bond donors (Lipinski definition) is 2. The molecule has 2 aliphatic heterocycles. The van der Waals surface area contributed by atoms with Crippen LogP contribution in [-0.2, 0) is 14.4 Å². The summed E-state index contributed by atoms with van der Waals surface area (Å²) < 4.78 is 0. The number of urea groups is 1. The molecule has 0 aromatic rings. The molecule has 2 aliphatic rings. The summed E-state index contributed by atoms with van der Waals surface area (Å²) in [7, 11) is 0. The topological polar surface area (TPSA) is 107 Å². The summed E-state index contributed by atoms with van der Waals surface area (Å²) >= 11 is 0. The molecule has 0 aromatic carbocycles. The zero-order valence-corrected chi connectivity index (χ0v) is 12.0. The van der Waals surface area contributed by atoms with Gasteiger partial charge in [-0.15, -0.1) is 0 Å². The second-order valence-electron chi connectivity index (χ2n) is 5.68. The summed E-state index contributed by atoms with van der Waals surface area (Å²) in [5.74, 6) is -1.94. The number of aliphatic carboxylic acids is 1. The number of nitrogens with zero attached hydrogens (tertiary/aromatic N) is 2. The van der Waals surface area contributed by atoms with E-state index in [1.54, 1.807) is 0 Å². The van der Waals surface area contributed by atoms with Crippen LogP contribution in [-0.4, -0.2) is 63.9 Å². The van der Waals surface area contributed by atoms with E-state index < -0.39 is 35.9 Å². The van der Waals surface area contributed by atoms with Crippen molar-refractivity contribution < 1.29 is 24.3 Å². The van der Waals surface area contributed by atoms with Gasteiger partial charge >= 0.3 is 12.0 Å². The molecule has 3 atom stereocenters. The molecule has 116 valence electrons. The number of carbonyl (C=O) groups excluding carboxylic acids is 3. The molecule has 2 heterocycles. The van der Waals surface area contributed by atoms with E-state index in [9.17, 15) is 24.3 Å². The van der Waals surface area contributed by atoms with Crippen molar-refractivity contribution in [3.63, 3.8) is 0 Å². The maximum absolute atomic E-state index is 12.5. The Hall–Kier alpha value is -2.12. The van der Waals surface area contributed by atoms with E-state index in [1.807, 2.05) is 6.92 Å². The van der Waals surface area contributed by atoms with E-state index in [2.05, 4.69) is 5.32 Å². The van der Waals surface area contributed by atoms with Crippen LogP contribution in [0.1, 0.15) is 26.7 Å². The monoisotopic (exact) mass is 297 g/mol. The van der Waals surface area contributed by atoms with E-state index in [0.717, 1.165) is 4.90 Å². The van der Waals surface area contributed by atoms with E-state index in [1.165, 1.54) is 11.8 Å². The quantitative estimate of drug-likeness (QED) is 0.643. The van der Waals surface area contributed by atoms with E-state index in [-0.39, 0.29) is 12.5 Å². The van der Waals surface area contributed by atoms with Gasteiger partial charge in [-0.25, -0.2) is 9.59 Å². The Balaban J connectivity index is 2.19. The van der Waals surface area contributed by atoms with Crippen LogP contribution in [0.25, 0.3) is 0 Å². The summed E-state index contributed by atoms with van der Waals surface area (Å²) in [5.41, 5.74) is 0. The summed E-state index contributed by atoms with van der Waals surface area (Å²) in [5, 5.41) is 11.4. The van der Waals surface area contributed by atoms with Crippen molar-refractivity contribution in [1.29, 1.82) is 0 Å². The normalized spacial score (nSPS) is 30.1. The van der Waals surface area contributed by atoms with Crippen molar-refractivity contribution in [3.05, 3.63) is 0 Å². The molecular weight excluding hydrogens is 278 g/mol. The number of carboxylic acids is 1.